The highest BCUT2D eigenvalue weighted by atomic mass is 32.1. The summed E-state index contributed by atoms with van der Waals surface area (Å²) in [5.41, 5.74) is 0.965. The summed E-state index contributed by atoms with van der Waals surface area (Å²) >= 11 is 1.50. The molecular weight excluding hydrogens is 429 g/mol. The van der Waals surface area contributed by atoms with E-state index in [1.165, 1.54) is 23.5 Å². The minimum Gasteiger partial charge on any atom is -0.492 e. The Labute approximate surface area is 183 Å². The number of benzene rings is 2. The molecular formula is C22H25F3N2O3S. The van der Waals surface area contributed by atoms with E-state index in [-0.39, 0.29) is 6.61 Å². The Morgan fingerprint density at radius 1 is 1.03 bits per heavy atom. The molecule has 168 valence electrons. The Kier molecular flexibility index (Phi) is 8.25. The summed E-state index contributed by atoms with van der Waals surface area (Å²) in [6.45, 7) is 3.11. The molecule has 1 N–H and O–H groups in total. The zero-order chi connectivity index (χ0) is 22.3. The smallest absolute Gasteiger partial charge is 0.416 e. The van der Waals surface area contributed by atoms with Gasteiger partial charge < -0.3 is 14.6 Å². The van der Waals surface area contributed by atoms with Crippen molar-refractivity contribution in [3.63, 3.8) is 0 Å². The number of ether oxygens (including phenoxy) is 2. The minimum absolute atomic E-state index is 0.0816. The van der Waals surface area contributed by atoms with Gasteiger partial charge in [0.25, 0.3) is 0 Å². The van der Waals surface area contributed by atoms with Gasteiger partial charge in [0.15, 0.2) is 0 Å². The van der Waals surface area contributed by atoms with Gasteiger partial charge in [-0.1, -0.05) is 12.1 Å². The molecule has 5 nitrogen and oxygen atoms in total. The quantitative estimate of drug-likeness (QED) is 0.470. The molecule has 1 heterocycles. The predicted molar refractivity (Wildman–Crippen MR) is 115 cm³/mol. The Morgan fingerprint density at radius 3 is 2.45 bits per heavy atom. The number of aromatic nitrogens is 1. The topological polar surface area (TPSA) is 54.8 Å². The van der Waals surface area contributed by atoms with Gasteiger partial charge in [0.1, 0.15) is 12.4 Å². The van der Waals surface area contributed by atoms with E-state index in [4.69, 9.17) is 14.6 Å². The van der Waals surface area contributed by atoms with Gasteiger partial charge >= 0.3 is 6.18 Å². The first-order chi connectivity index (χ1) is 14.9. The number of thiazole rings is 1. The van der Waals surface area contributed by atoms with Crippen molar-refractivity contribution >= 4 is 21.6 Å². The first kappa shape index (κ1) is 23.5. The van der Waals surface area contributed by atoms with Crippen molar-refractivity contribution < 1.29 is 27.8 Å². The van der Waals surface area contributed by atoms with E-state index in [9.17, 15) is 13.2 Å². The molecule has 0 amide bonds. The van der Waals surface area contributed by atoms with Crippen LogP contribution < -0.4 is 4.74 Å². The summed E-state index contributed by atoms with van der Waals surface area (Å²) < 4.78 is 50.0. The minimum atomic E-state index is -4.33. The van der Waals surface area contributed by atoms with Crippen LogP contribution >= 0.6 is 11.3 Å². The summed E-state index contributed by atoms with van der Waals surface area (Å²) in [7, 11) is 1.64. The molecule has 0 atom stereocenters. The number of nitrogens with zero attached hydrogens (tertiary/aromatic N) is 2. The molecule has 0 saturated carbocycles. The highest BCUT2D eigenvalue weighted by molar-refractivity contribution is 7.18. The lowest BCUT2D eigenvalue weighted by Crippen LogP contribution is -2.33. The van der Waals surface area contributed by atoms with Crippen molar-refractivity contribution in [1.82, 2.24) is 9.88 Å². The molecule has 0 spiro atoms. The lowest BCUT2D eigenvalue weighted by atomic mass is 10.1. The van der Waals surface area contributed by atoms with Crippen LogP contribution in [0.1, 0.15) is 16.1 Å². The van der Waals surface area contributed by atoms with Gasteiger partial charge in [0.05, 0.1) is 34.0 Å². The third-order valence-electron chi connectivity index (χ3n) is 4.74. The molecule has 2 aromatic carbocycles. The van der Waals surface area contributed by atoms with Gasteiger partial charge in [0.2, 0.25) is 0 Å². The average molecular weight is 455 g/mol. The number of aliphatic hydroxyl groups is 1. The Morgan fingerprint density at radius 2 is 1.77 bits per heavy atom. The molecule has 0 saturated heterocycles. The maximum Gasteiger partial charge on any atom is 0.416 e. The lowest BCUT2D eigenvalue weighted by Gasteiger charge is -2.20. The number of halogens is 3. The Hall–Kier alpha value is -2.20. The molecule has 0 unspecified atom stereocenters. The van der Waals surface area contributed by atoms with E-state index in [2.05, 4.69) is 9.88 Å². The Balaban J connectivity index is 1.59. The van der Waals surface area contributed by atoms with E-state index in [0.29, 0.717) is 32.7 Å². The first-order valence-electron chi connectivity index (χ1n) is 9.89. The van der Waals surface area contributed by atoms with Crippen LogP contribution in [-0.4, -0.2) is 61.6 Å². The number of hydrogen-bond donors (Lipinski definition) is 1. The maximum atomic E-state index is 12.7. The van der Waals surface area contributed by atoms with Crippen LogP contribution in [0.4, 0.5) is 13.2 Å². The number of fused-ring (bicyclic) bond motifs is 1. The van der Waals surface area contributed by atoms with Crippen molar-refractivity contribution in [3.8, 4) is 5.75 Å². The molecule has 0 aliphatic carbocycles. The summed E-state index contributed by atoms with van der Waals surface area (Å²) in [5, 5.41) is 9.98. The molecule has 0 aliphatic heterocycles. The number of alkyl halides is 3. The van der Waals surface area contributed by atoms with Crippen molar-refractivity contribution in [2.24, 2.45) is 0 Å². The van der Waals surface area contributed by atoms with Crippen LogP contribution in [0, 0.1) is 0 Å². The van der Waals surface area contributed by atoms with E-state index in [0.717, 1.165) is 45.2 Å². The van der Waals surface area contributed by atoms with Crippen LogP contribution in [0.15, 0.2) is 42.5 Å². The normalized spacial score (nSPS) is 12.1. The second-order valence-corrected chi connectivity index (χ2v) is 8.13. The second-order valence-electron chi connectivity index (χ2n) is 7.02. The van der Waals surface area contributed by atoms with Gasteiger partial charge in [-0.2, -0.15) is 13.2 Å². The van der Waals surface area contributed by atoms with Gasteiger partial charge in [-0.05, 0) is 35.9 Å². The fourth-order valence-electron chi connectivity index (χ4n) is 3.09. The number of hydrogen-bond acceptors (Lipinski definition) is 6. The monoisotopic (exact) mass is 454 g/mol. The number of rotatable bonds is 11. The summed E-state index contributed by atoms with van der Waals surface area (Å²) in [5.74, 6) is 0.730. The molecule has 0 bridgehead atoms. The summed E-state index contributed by atoms with van der Waals surface area (Å²) in [6.07, 6.45) is -3.85. The first-order valence-corrected chi connectivity index (χ1v) is 10.7. The van der Waals surface area contributed by atoms with Crippen LogP contribution in [0.5, 0.6) is 5.75 Å². The third kappa shape index (κ3) is 6.90. The van der Waals surface area contributed by atoms with E-state index in [1.54, 1.807) is 7.11 Å². The summed E-state index contributed by atoms with van der Waals surface area (Å²) in [4.78, 5) is 6.64. The fraction of sp³-hybridized carbons (Fsp3) is 0.409. The van der Waals surface area contributed by atoms with Crippen molar-refractivity contribution in [2.45, 2.75) is 12.6 Å². The summed E-state index contributed by atoms with van der Waals surface area (Å²) in [6, 6.07) is 10.8. The largest absolute Gasteiger partial charge is 0.492 e. The SMILES string of the molecule is COCCN(CCO)CCOc1ccc2nc(Cc3ccc(C(F)(F)F)cc3)sc2c1. The molecule has 1 aromatic heterocycles. The standard InChI is InChI=1S/C22H25F3N2O3S/c1-29-12-9-27(8-11-28)10-13-30-18-6-7-19-20(15-18)31-21(26-19)14-16-2-4-17(5-3-16)22(23,24)25/h2-7,15,28H,8-14H2,1H3. The highest BCUT2D eigenvalue weighted by Gasteiger charge is 2.29. The van der Waals surface area contributed by atoms with Gasteiger partial charge in [-0.25, -0.2) is 4.98 Å². The molecule has 9 heteroatoms. The number of aliphatic hydroxyl groups excluding tert-OH is 1. The van der Waals surface area contributed by atoms with Crippen molar-refractivity contribution in [3.05, 3.63) is 58.6 Å². The van der Waals surface area contributed by atoms with E-state index in [1.807, 2.05) is 18.2 Å². The molecule has 31 heavy (non-hydrogen) atoms. The van der Waals surface area contributed by atoms with Crippen LogP contribution in [0.2, 0.25) is 0 Å². The number of methoxy groups -OCH3 is 1. The predicted octanol–water partition coefficient (Wildman–Crippen LogP) is 4.23. The van der Waals surface area contributed by atoms with Crippen molar-refractivity contribution in [2.75, 3.05) is 46.6 Å². The molecule has 3 rings (SSSR count). The van der Waals surface area contributed by atoms with E-state index >= 15 is 0 Å². The third-order valence-corrected chi connectivity index (χ3v) is 5.76. The molecule has 0 aliphatic rings. The van der Waals surface area contributed by atoms with Crippen LogP contribution in [0.25, 0.3) is 10.2 Å². The van der Waals surface area contributed by atoms with Gasteiger partial charge in [-0.15, -0.1) is 11.3 Å². The fourth-order valence-corrected chi connectivity index (χ4v) is 4.12. The second kappa shape index (κ2) is 10.9. The average Bonchev–Trinajstić information content (AvgIpc) is 3.13. The van der Waals surface area contributed by atoms with Gasteiger partial charge in [0, 0.05) is 33.2 Å². The molecule has 3 aromatic rings. The van der Waals surface area contributed by atoms with E-state index < -0.39 is 11.7 Å². The maximum absolute atomic E-state index is 12.7. The highest BCUT2D eigenvalue weighted by Crippen LogP contribution is 2.31. The zero-order valence-corrected chi connectivity index (χ0v) is 18.0. The lowest BCUT2D eigenvalue weighted by molar-refractivity contribution is -0.137. The van der Waals surface area contributed by atoms with Crippen molar-refractivity contribution in [1.29, 1.82) is 0 Å². The molecule has 0 fully saturated rings. The van der Waals surface area contributed by atoms with Gasteiger partial charge in [-0.3, -0.25) is 4.90 Å². The van der Waals surface area contributed by atoms with Crippen LogP contribution in [-0.2, 0) is 17.3 Å². The molecule has 0 radical (unpaired) electrons. The van der Waals surface area contributed by atoms with Crippen LogP contribution in [0.3, 0.4) is 0 Å². The Bertz CT molecular complexity index is 961. The zero-order valence-electron chi connectivity index (χ0n) is 17.2.